The quantitative estimate of drug-likeness (QED) is 0.650. The normalized spacial score (nSPS) is 20.3. The molecule has 5 nitrogen and oxygen atoms in total. The molecule has 2 heterocycles. The first-order valence-corrected chi connectivity index (χ1v) is 10.4. The Morgan fingerprint density at radius 1 is 1.21 bits per heavy atom. The van der Waals surface area contributed by atoms with Gasteiger partial charge in [0.1, 0.15) is 5.75 Å². The second kappa shape index (κ2) is 8.64. The number of methoxy groups -OCH3 is 1. The number of hydrogen-bond donors (Lipinski definition) is 0. The Morgan fingerprint density at radius 2 is 1.96 bits per heavy atom. The van der Waals surface area contributed by atoms with Gasteiger partial charge >= 0.3 is 5.97 Å². The van der Waals surface area contributed by atoms with Crippen LogP contribution >= 0.6 is 15.9 Å². The zero-order chi connectivity index (χ0) is 19.5. The van der Waals surface area contributed by atoms with E-state index < -0.39 is 6.29 Å². The summed E-state index contributed by atoms with van der Waals surface area (Å²) < 4.78 is 18.1. The zero-order valence-electron chi connectivity index (χ0n) is 15.9. The molecule has 1 unspecified atom stereocenters. The molecule has 148 valence electrons. The van der Waals surface area contributed by atoms with Crippen LogP contribution < -0.4 is 4.74 Å². The lowest BCUT2D eigenvalue weighted by molar-refractivity contribution is -0.147. The number of carbonyl (C=O) groups excluding carboxylic acids is 1. The molecule has 0 saturated carbocycles. The van der Waals surface area contributed by atoms with Gasteiger partial charge in [-0.25, -0.2) is 0 Å². The molecule has 2 aromatic carbocycles. The van der Waals surface area contributed by atoms with Crippen molar-refractivity contribution in [1.29, 1.82) is 0 Å². The van der Waals surface area contributed by atoms with Gasteiger partial charge in [0.05, 0.1) is 19.6 Å². The van der Waals surface area contributed by atoms with Crippen molar-refractivity contribution in [3.8, 4) is 5.75 Å². The molecular formula is C22H24BrNO4. The molecule has 2 aliphatic heterocycles. The highest BCUT2D eigenvalue weighted by Gasteiger charge is 2.28. The number of nitrogens with zero attached hydrogens (tertiary/aromatic N) is 1. The third-order valence-electron chi connectivity index (χ3n) is 5.41. The number of hydrogen-bond acceptors (Lipinski definition) is 5. The van der Waals surface area contributed by atoms with E-state index in [2.05, 4.69) is 33.0 Å². The SMILES string of the molecule is COC(=O)C1CCN(Cc2cc(Br)cc3c2OC(c2ccccc2)OC3)CC1. The zero-order valence-corrected chi connectivity index (χ0v) is 17.5. The fourth-order valence-corrected chi connectivity index (χ4v) is 4.46. The second-order valence-corrected chi connectivity index (χ2v) is 8.21. The summed E-state index contributed by atoms with van der Waals surface area (Å²) >= 11 is 3.61. The number of likely N-dealkylation sites (tertiary alicyclic amines) is 1. The van der Waals surface area contributed by atoms with Gasteiger partial charge in [0.25, 0.3) is 0 Å². The monoisotopic (exact) mass is 445 g/mol. The third kappa shape index (κ3) is 4.24. The van der Waals surface area contributed by atoms with Crippen LogP contribution in [0.5, 0.6) is 5.75 Å². The molecule has 1 fully saturated rings. The smallest absolute Gasteiger partial charge is 0.308 e. The van der Waals surface area contributed by atoms with E-state index in [-0.39, 0.29) is 11.9 Å². The van der Waals surface area contributed by atoms with Gasteiger partial charge in [0.2, 0.25) is 6.29 Å². The molecule has 2 aliphatic rings. The van der Waals surface area contributed by atoms with Gasteiger partial charge in [-0.1, -0.05) is 46.3 Å². The molecule has 0 aromatic heterocycles. The van der Waals surface area contributed by atoms with Crippen LogP contribution in [0.4, 0.5) is 0 Å². The van der Waals surface area contributed by atoms with E-state index in [0.29, 0.717) is 6.61 Å². The first kappa shape index (κ1) is 19.4. The van der Waals surface area contributed by atoms with Gasteiger partial charge in [-0.15, -0.1) is 0 Å². The van der Waals surface area contributed by atoms with Crippen molar-refractivity contribution in [3.05, 3.63) is 63.6 Å². The Bertz CT molecular complexity index is 834. The number of rotatable bonds is 4. The molecule has 0 bridgehead atoms. The summed E-state index contributed by atoms with van der Waals surface area (Å²) in [6, 6.07) is 14.2. The molecular weight excluding hydrogens is 422 g/mol. The molecule has 0 N–H and O–H groups in total. The minimum absolute atomic E-state index is 0.0183. The van der Waals surface area contributed by atoms with Crippen molar-refractivity contribution in [2.24, 2.45) is 5.92 Å². The van der Waals surface area contributed by atoms with Gasteiger partial charge < -0.3 is 14.2 Å². The number of benzene rings is 2. The number of halogens is 1. The molecule has 4 rings (SSSR count). The van der Waals surface area contributed by atoms with Gasteiger partial charge in [0, 0.05) is 27.7 Å². The van der Waals surface area contributed by atoms with Crippen molar-refractivity contribution < 1.29 is 19.0 Å². The summed E-state index contributed by atoms with van der Waals surface area (Å²) in [6.07, 6.45) is 1.28. The van der Waals surface area contributed by atoms with Gasteiger partial charge in [0.15, 0.2) is 0 Å². The van der Waals surface area contributed by atoms with E-state index in [1.54, 1.807) is 0 Å². The van der Waals surface area contributed by atoms with Crippen LogP contribution in [0.25, 0.3) is 0 Å². The summed E-state index contributed by atoms with van der Waals surface area (Å²) in [5.74, 6) is 0.842. The maximum absolute atomic E-state index is 11.8. The molecule has 28 heavy (non-hydrogen) atoms. The summed E-state index contributed by atoms with van der Waals surface area (Å²) in [6.45, 7) is 3.06. The van der Waals surface area contributed by atoms with Crippen molar-refractivity contribution in [1.82, 2.24) is 4.90 Å². The van der Waals surface area contributed by atoms with Crippen LogP contribution in [0.3, 0.4) is 0 Å². The fourth-order valence-electron chi connectivity index (χ4n) is 3.90. The van der Waals surface area contributed by atoms with Crippen LogP contribution in [0.15, 0.2) is 46.9 Å². The summed E-state index contributed by atoms with van der Waals surface area (Å²) in [7, 11) is 1.46. The van der Waals surface area contributed by atoms with E-state index in [9.17, 15) is 4.79 Å². The average molecular weight is 446 g/mol. The predicted molar refractivity (Wildman–Crippen MR) is 109 cm³/mol. The highest BCUT2D eigenvalue weighted by atomic mass is 79.9. The van der Waals surface area contributed by atoms with Crippen LogP contribution in [0.1, 0.15) is 35.8 Å². The fraction of sp³-hybridized carbons (Fsp3) is 0.409. The Morgan fingerprint density at radius 3 is 2.68 bits per heavy atom. The first-order chi connectivity index (χ1) is 13.6. The molecule has 2 aromatic rings. The van der Waals surface area contributed by atoms with Crippen LogP contribution in [0, 0.1) is 5.92 Å². The average Bonchev–Trinajstić information content (AvgIpc) is 2.74. The molecule has 6 heteroatoms. The van der Waals surface area contributed by atoms with Gasteiger partial charge in [-0.05, 0) is 38.1 Å². The molecule has 0 radical (unpaired) electrons. The highest BCUT2D eigenvalue weighted by molar-refractivity contribution is 9.10. The molecule has 1 atom stereocenters. The maximum atomic E-state index is 11.8. The van der Waals surface area contributed by atoms with Crippen LogP contribution in [-0.2, 0) is 27.4 Å². The summed E-state index contributed by atoms with van der Waals surface area (Å²) in [4.78, 5) is 14.1. The van der Waals surface area contributed by atoms with Crippen molar-refractivity contribution >= 4 is 21.9 Å². The van der Waals surface area contributed by atoms with Crippen LogP contribution in [-0.4, -0.2) is 31.1 Å². The minimum atomic E-state index is -0.390. The lowest BCUT2D eigenvalue weighted by Crippen LogP contribution is -2.36. The number of carbonyl (C=O) groups is 1. The number of esters is 1. The molecule has 0 amide bonds. The van der Waals surface area contributed by atoms with E-state index in [4.69, 9.17) is 14.2 Å². The van der Waals surface area contributed by atoms with E-state index in [1.807, 2.05) is 30.3 Å². The van der Waals surface area contributed by atoms with E-state index in [1.165, 1.54) is 7.11 Å². The standard InChI is InChI=1S/C22H24BrNO4/c1-26-21(25)15-7-9-24(10-8-15)13-17-11-19(23)12-18-14-27-22(28-20(17)18)16-5-3-2-4-6-16/h2-6,11-12,15,22H,7-10,13-14H2,1H3. The Kier molecular flexibility index (Phi) is 5.99. The highest BCUT2D eigenvalue weighted by Crippen LogP contribution is 2.38. The predicted octanol–water partition coefficient (Wildman–Crippen LogP) is 4.44. The Hall–Kier alpha value is -1.89. The van der Waals surface area contributed by atoms with Gasteiger partial charge in [-0.2, -0.15) is 0 Å². The molecule has 0 spiro atoms. The number of piperidine rings is 1. The topological polar surface area (TPSA) is 48.0 Å². The largest absolute Gasteiger partial charge is 0.469 e. The van der Waals surface area contributed by atoms with E-state index in [0.717, 1.165) is 59.4 Å². The first-order valence-electron chi connectivity index (χ1n) is 9.58. The summed E-state index contributed by atoms with van der Waals surface area (Å²) in [5, 5.41) is 0. The van der Waals surface area contributed by atoms with Crippen LogP contribution in [0.2, 0.25) is 0 Å². The van der Waals surface area contributed by atoms with Gasteiger partial charge in [-0.3, -0.25) is 9.69 Å². The lowest BCUT2D eigenvalue weighted by Gasteiger charge is -2.33. The minimum Gasteiger partial charge on any atom is -0.469 e. The van der Waals surface area contributed by atoms with E-state index >= 15 is 0 Å². The van der Waals surface area contributed by atoms with Crippen molar-refractivity contribution in [3.63, 3.8) is 0 Å². The summed E-state index contributed by atoms with van der Waals surface area (Å²) in [5.41, 5.74) is 3.21. The number of ether oxygens (including phenoxy) is 3. The molecule has 1 saturated heterocycles. The third-order valence-corrected chi connectivity index (χ3v) is 5.87. The number of fused-ring (bicyclic) bond motifs is 1. The Balaban J connectivity index is 1.50. The molecule has 0 aliphatic carbocycles. The maximum Gasteiger partial charge on any atom is 0.308 e. The van der Waals surface area contributed by atoms with Crippen molar-refractivity contribution in [2.75, 3.05) is 20.2 Å². The second-order valence-electron chi connectivity index (χ2n) is 7.30. The Labute approximate surface area is 173 Å². The lowest BCUT2D eigenvalue weighted by atomic mass is 9.96. The van der Waals surface area contributed by atoms with Crippen molar-refractivity contribution in [2.45, 2.75) is 32.3 Å².